The molecule has 3 heteroatoms. The van der Waals surface area contributed by atoms with E-state index in [2.05, 4.69) is 28.7 Å². The fraction of sp³-hybridized carbons (Fsp3) is 0.769. The Morgan fingerprint density at radius 2 is 2.19 bits per heavy atom. The van der Waals surface area contributed by atoms with Gasteiger partial charge in [0, 0.05) is 18.4 Å². The van der Waals surface area contributed by atoms with E-state index in [0.29, 0.717) is 0 Å². The van der Waals surface area contributed by atoms with Gasteiger partial charge >= 0.3 is 0 Å². The van der Waals surface area contributed by atoms with E-state index < -0.39 is 0 Å². The summed E-state index contributed by atoms with van der Waals surface area (Å²) in [6.45, 7) is 8.19. The van der Waals surface area contributed by atoms with E-state index in [0.717, 1.165) is 18.4 Å². The van der Waals surface area contributed by atoms with Crippen LogP contribution in [0.4, 0.5) is 0 Å². The average Bonchev–Trinajstić information content (AvgIpc) is 2.73. The molecule has 2 heterocycles. The summed E-state index contributed by atoms with van der Waals surface area (Å²) in [5.74, 6) is 1.81. The van der Waals surface area contributed by atoms with Crippen molar-refractivity contribution in [3.63, 3.8) is 0 Å². The Kier molecular flexibility index (Phi) is 3.99. The van der Waals surface area contributed by atoms with Crippen molar-refractivity contribution in [3.05, 3.63) is 18.2 Å². The van der Waals surface area contributed by atoms with Gasteiger partial charge in [-0.2, -0.15) is 0 Å². The van der Waals surface area contributed by atoms with Crippen molar-refractivity contribution in [2.75, 3.05) is 13.1 Å². The highest BCUT2D eigenvalue weighted by atomic mass is 15.1. The average molecular weight is 221 g/mol. The first-order chi connectivity index (χ1) is 7.74. The Morgan fingerprint density at radius 3 is 2.75 bits per heavy atom. The van der Waals surface area contributed by atoms with Gasteiger partial charge in [-0.15, -0.1) is 0 Å². The Bertz CT molecular complexity index is 284. The number of aromatic nitrogens is 2. The smallest absolute Gasteiger partial charge is 0.0922 e. The van der Waals surface area contributed by atoms with Gasteiger partial charge in [0.2, 0.25) is 0 Å². The largest absolute Gasteiger partial charge is 0.347 e. The van der Waals surface area contributed by atoms with E-state index in [-0.39, 0.29) is 0 Å². The lowest BCUT2D eigenvalue weighted by Gasteiger charge is -2.32. The summed E-state index contributed by atoms with van der Waals surface area (Å²) in [5, 5.41) is 0. The molecule has 0 spiro atoms. The quantitative estimate of drug-likeness (QED) is 0.847. The highest BCUT2D eigenvalue weighted by Gasteiger charge is 2.19. The molecule has 1 aromatic heterocycles. The SMILES string of the molecule is CC(C)CC1CCN(Cc2cnc[nH]2)CC1. The molecular weight excluding hydrogens is 198 g/mol. The zero-order valence-electron chi connectivity index (χ0n) is 10.4. The van der Waals surface area contributed by atoms with Crippen molar-refractivity contribution in [2.45, 2.75) is 39.7 Å². The number of H-pyrrole nitrogens is 1. The van der Waals surface area contributed by atoms with Crippen LogP contribution in [0.15, 0.2) is 12.5 Å². The molecule has 0 amide bonds. The van der Waals surface area contributed by atoms with Crippen LogP contribution in [0, 0.1) is 11.8 Å². The number of nitrogens with one attached hydrogen (secondary N) is 1. The summed E-state index contributed by atoms with van der Waals surface area (Å²) < 4.78 is 0. The maximum absolute atomic E-state index is 4.06. The van der Waals surface area contributed by atoms with Crippen LogP contribution in [0.5, 0.6) is 0 Å². The van der Waals surface area contributed by atoms with E-state index in [1.165, 1.54) is 38.0 Å². The summed E-state index contributed by atoms with van der Waals surface area (Å²) in [5.41, 5.74) is 1.24. The standard InChI is InChI=1S/C13H23N3/c1-11(2)7-12-3-5-16(6-4-12)9-13-8-14-10-15-13/h8,10-12H,3-7,9H2,1-2H3,(H,14,15). The Morgan fingerprint density at radius 1 is 1.44 bits per heavy atom. The van der Waals surface area contributed by atoms with Gasteiger partial charge in [0.1, 0.15) is 0 Å². The third kappa shape index (κ3) is 3.34. The van der Waals surface area contributed by atoms with Crippen LogP contribution in [-0.4, -0.2) is 28.0 Å². The summed E-state index contributed by atoms with van der Waals surface area (Å²) in [7, 11) is 0. The molecule has 0 saturated carbocycles. The van der Waals surface area contributed by atoms with Crippen LogP contribution < -0.4 is 0 Å². The summed E-state index contributed by atoms with van der Waals surface area (Å²) in [6, 6.07) is 0. The first kappa shape index (κ1) is 11.6. The molecule has 0 radical (unpaired) electrons. The fourth-order valence-corrected chi connectivity index (χ4v) is 2.66. The molecule has 0 bridgehead atoms. The molecule has 1 saturated heterocycles. The predicted octanol–water partition coefficient (Wildman–Crippen LogP) is 2.67. The lowest BCUT2D eigenvalue weighted by Crippen LogP contribution is -2.33. The van der Waals surface area contributed by atoms with Gasteiger partial charge in [-0.25, -0.2) is 4.98 Å². The van der Waals surface area contributed by atoms with Gasteiger partial charge in [-0.1, -0.05) is 13.8 Å². The first-order valence-electron chi connectivity index (χ1n) is 6.43. The molecule has 90 valence electrons. The van der Waals surface area contributed by atoms with Gasteiger partial charge in [0.05, 0.1) is 6.33 Å². The minimum absolute atomic E-state index is 0.851. The maximum atomic E-state index is 4.06. The Hall–Kier alpha value is -0.830. The molecule has 1 aromatic rings. The molecule has 1 aliphatic rings. The van der Waals surface area contributed by atoms with E-state index in [4.69, 9.17) is 0 Å². The molecule has 1 N–H and O–H groups in total. The normalized spacial score (nSPS) is 19.4. The Balaban J connectivity index is 1.73. The molecule has 2 rings (SSSR count). The van der Waals surface area contributed by atoms with Crippen molar-refractivity contribution in [2.24, 2.45) is 11.8 Å². The van der Waals surface area contributed by atoms with Gasteiger partial charge in [-0.3, -0.25) is 4.90 Å². The number of aromatic amines is 1. The van der Waals surface area contributed by atoms with E-state index >= 15 is 0 Å². The number of piperidine rings is 1. The Labute approximate surface area is 98.3 Å². The third-order valence-corrected chi connectivity index (χ3v) is 3.46. The lowest BCUT2D eigenvalue weighted by atomic mass is 9.88. The molecule has 0 aliphatic carbocycles. The number of nitrogens with zero attached hydrogens (tertiary/aromatic N) is 2. The number of likely N-dealkylation sites (tertiary alicyclic amines) is 1. The van der Waals surface area contributed by atoms with Gasteiger partial charge in [0.25, 0.3) is 0 Å². The number of hydrogen-bond donors (Lipinski definition) is 1. The molecule has 1 fully saturated rings. The van der Waals surface area contributed by atoms with Gasteiger partial charge in [0.15, 0.2) is 0 Å². The highest BCUT2D eigenvalue weighted by molar-refractivity contribution is 4.94. The summed E-state index contributed by atoms with van der Waals surface area (Å²) in [6.07, 6.45) is 7.83. The fourth-order valence-electron chi connectivity index (χ4n) is 2.66. The minimum Gasteiger partial charge on any atom is -0.347 e. The zero-order valence-corrected chi connectivity index (χ0v) is 10.4. The predicted molar refractivity (Wildman–Crippen MR) is 66.0 cm³/mol. The van der Waals surface area contributed by atoms with Crippen LogP contribution in [0.3, 0.4) is 0 Å². The number of hydrogen-bond acceptors (Lipinski definition) is 2. The van der Waals surface area contributed by atoms with Crippen LogP contribution in [0.1, 0.15) is 38.8 Å². The van der Waals surface area contributed by atoms with Crippen molar-refractivity contribution in [3.8, 4) is 0 Å². The first-order valence-corrected chi connectivity index (χ1v) is 6.43. The number of rotatable bonds is 4. The highest BCUT2D eigenvalue weighted by Crippen LogP contribution is 2.24. The number of imidazole rings is 1. The minimum atomic E-state index is 0.851. The van der Waals surface area contributed by atoms with Gasteiger partial charge < -0.3 is 4.98 Å². The van der Waals surface area contributed by atoms with Crippen LogP contribution in [-0.2, 0) is 6.54 Å². The second kappa shape index (κ2) is 5.48. The molecule has 16 heavy (non-hydrogen) atoms. The van der Waals surface area contributed by atoms with E-state index in [1.807, 2.05) is 6.20 Å². The third-order valence-electron chi connectivity index (χ3n) is 3.46. The summed E-state index contributed by atoms with van der Waals surface area (Å²) >= 11 is 0. The molecular formula is C13H23N3. The second-order valence-electron chi connectivity index (χ2n) is 5.43. The molecule has 3 nitrogen and oxygen atoms in total. The van der Waals surface area contributed by atoms with E-state index in [9.17, 15) is 0 Å². The molecule has 0 atom stereocenters. The molecule has 0 unspecified atom stereocenters. The van der Waals surface area contributed by atoms with Crippen molar-refractivity contribution >= 4 is 0 Å². The van der Waals surface area contributed by atoms with E-state index in [1.54, 1.807) is 6.33 Å². The maximum Gasteiger partial charge on any atom is 0.0922 e. The lowest BCUT2D eigenvalue weighted by molar-refractivity contribution is 0.163. The molecule has 0 aromatic carbocycles. The van der Waals surface area contributed by atoms with Crippen molar-refractivity contribution in [1.82, 2.24) is 14.9 Å². The monoisotopic (exact) mass is 221 g/mol. The topological polar surface area (TPSA) is 31.9 Å². The summed E-state index contributed by atoms with van der Waals surface area (Å²) in [4.78, 5) is 9.77. The molecule has 1 aliphatic heterocycles. The zero-order chi connectivity index (χ0) is 11.4. The van der Waals surface area contributed by atoms with Crippen molar-refractivity contribution < 1.29 is 0 Å². The van der Waals surface area contributed by atoms with Gasteiger partial charge in [-0.05, 0) is 44.2 Å². The van der Waals surface area contributed by atoms with Crippen LogP contribution in [0.2, 0.25) is 0 Å². The van der Waals surface area contributed by atoms with Crippen molar-refractivity contribution in [1.29, 1.82) is 0 Å². The van der Waals surface area contributed by atoms with Crippen LogP contribution in [0.25, 0.3) is 0 Å². The van der Waals surface area contributed by atoms with Crippen LogP contribution >= 0.6 is 0 Å². The second-order valence-corrected chi connectivity index (χ2v) is 5.43.